The number of benzene rings is 1. The van der Waals surface area contributed by atoms with Crippen molar-refractivity contribution in [2.24, 2.45) is 5.92 Å². The molecule has 0 unspecified atom stereocenters. The summed E-state index contributed by atoms with van der Waals surface area (Å²) in [5, 5.41) is 13.7. The maximum atomic E-state index is 13.3. The van der Waals surface area contributed by atoms with Crippen molar-refractivity contribution in [3.63, 3.8) is 0 Å². The van der Waals surface area contributed by atoms with E-state index in [4.69, 9.17) is 0 Å². The molecule has 1 aromatic carbocycles. The monoisotopic (exact) mass is 302 g/mol. The second kappa shape index (κ2) is 5.00. The highest BCUT2D eigenvalue weighted by Crippen LogP contribution is 2.34. The van der Waals surface area contributed by atoms with E-state index < -0.39 is 10.7 Å². The quantitative estimate of drug-likeness (QED) is 0.666. The Morgan fingerprint density at radius 2 is 2.24 bits per heavy atom. The Morgan fingerprint density at radius 3 is 2.82 bits per heavy atom. The number of rotatable bonds is 5. The summed E-state index contributed by atoms with van der Waals surface area (Å²) in [6.45, 7) is 0.645. The van der Waals surface area contributed by atoms with Crippen LogP contribution < -0.4 is 5.32 Å². The third kappa shape index (κ3) is 3.15. The first-order valence-corrected chi connectivity index (χ1v) is 6.24. The van der Waals surface area contributed by atoms with Crippen LogP contribution in [-0.4, -0.2) is 11.5 Å². The van der Waals surface area contributed by atoms with Crippen molar-refractivity contribution in [3.8, 4) is 0 Å². The first kappa shape index (κ1) is 12.3. The summed E-state index contributed by atoms with van der Waals surface area (Å²) in [4.78, 5) is 10.3. The van der Waals surface area contributed by atoms with Gasteiger partial charge >= 0.3 is 0 Å². The van der Waals surface area contributed by atoms with Crippen molar-refractivity contribution >= 4 is 27.3 Å². The highest BCUT2D eigenvalue weighted by molar-refractivity contribution is 9.10. The molecule has 0 radical (unpaired) electrons. The van der Waals surface area contributed by atoms with Gasteiger partial charge in [0.05, 0.1) is 9.40 Å². The molecule has 2 rings (SSSR count). The standard InChI is InChI=1S/C11H12BrFN2O2/c12-8-5-11(15(16)17)10(6-9(8)13)14-4-3-7-1-2-7/h5-7,14H,1-4H2. The van der Waals surface area contributed by atoms with Crippen molar-refractivity contribution < 1.29 is 9.31 Å². The first-order valence-electron chi connectivity index (χ1n) is 5.45. The number of anilines is 1. The van der Waals surface area contributed by atoms with Gasteiger partial charge in [-0.15, -0.1) is 0 Å². The molecule has 1 aliphatic rings. The third-order valence-corrected chi connectivity index (χ3v) is 3.41. The van der Waals surface area contributed by atoms with E-state index >= 15 is 0 Å². The van der Waals surface area contributed by atoms with Crippen LogP contribution in [-0.2, 0) is 0 Å². The molecule has 4 nitrogen and oxygen atoms in total. The minimum Gasteiger partial charge on any atom is -0.379 e. The summed E-state index contributed by atoms with van der Waals surface area (Å²) >= 11 is 2.94. The molecule has 0 aliphatic heterocycles. The number of halogens is 2. The molecule has 6 heteroatoms. The van der Waals surface area contributed by atoms with Gasteiger partial charge in [0.1, 0.15) is 11.5 Å². The van der Waals surface area contributed by atoms with Gasteiger partial charge in [-0.3, -0.25) is 10.1 Å². The van der Waals surface area contributed by atoms with Crippen LogP contribution in [0.1, 0.15) is 19.3 Å². The molecule has 0 heterocycles. The van der Waals surface area contributed by atoms with E-state index in [1.807, 2.05) is 0 Å². The predicted octanol–water partition coefficient (Wildman–Crippen LogP) is 3.71. The van der Waals surface area contributed by atoms with Crippen molar-refractivity contribution in [1.82, 2.24) is 0 Å². The van der Waals surface area contributed by atoms with E-state index in [0.717, 1.165) is 18.4 Å². The van der Waals surface area contributed by atoms with Gasteiger partial charge in [-0.25, -0.2) is 4.39 Å². The molecule has 1 fully saturated rings. The average Bonchev–Trinajstić information content (AvgIpc) is 3.06. The van der Waals surface area contributed by atoms with Gasteiger partial charge in [0.2, 0.25) is 0 Å². The largest absolute Gasteiger partial charge is 0.379 e. The van der Waals surface area contributed by atoms with Crippen molar-refractivity contribution in [2.75, 3.05) is 11.9 Å². The molecule has 0 amide bonds. The molecule has 17 heavy (non-hydrogen) atoms. The zero-order chi connectivity index (χ0) is 12.4. The predicted molar refractivity (Wildman–Crippen MR) is 66.6 cm³/mol. The lowest BCUT2D eigenvalue weighted by molar-refractivity contribution is -0.384. The van der Waals surface area contributed by atoms with Gasteiger partial charge in [-0.2, -0.15) is 0 Å². The number of hydrogen-bond acceptors (Lipinski definition) is 3. The van der Waals surface area contributed by atoms with Crippen LogP contribution in [0.25, 0.3) is 0 Å². The van der Waals surface area contributed by atoms with E-state index in [1.54, 1.807) is 0 Å². The van der Waals surface area contributed by atoms with Crippen LogP contribution in [0.3, 0.4) is 0 Å². The van der Waals surface area contributed by atoms with Crippen LogP contribution in [0.5, 0.6) is 0 Å². The highest BCUT2D eigenvalue weighted by atomic mass is 79.9. The molecule has 1 aliphatic carbocycles. The Kier molecular flexibility index (Phi) is 3.61. The summed E-state index contributed by atoms with van der Waals surface area (Å²) in [5.74, 6) is 0.242. The molecule has 0 atom stereocenters. The van der Waals surface area contributed by atoms with Gasteiger partial charge in [-0.1, -0.05) is 12.8 Å². The van der Waals surface area contributed by atoms with Crippen LogP contribution in [0.4, 0.5) is 15.8 Å². The van der Waals surface area contributed by atoms with E-state index in [-0.39, 0.29) is 15.8 Å². The van der Waals surface area contributed by atoms with E-state index in [2.05, 4.69) is 21.2 Å². The lowest BCUT2D eigenvalue weighted by atomic mass is 10.2. The van der Waals surface area contributed by atoms with Gasteiger partial charge in [0.15, 0.2) is 0 Å². The third-order valence-electron chi connectivity index (χ3n) is 2.80. The smallest absolute Gasteiger partial charge is 0.293 e. The fraction of sp³-hybridized carbons (Fsp3) is 0.455. The van der Waals surface area contributed by atoms with Gasteiger partial charge in [0.25, 0.3) is 5.69 Å². The van der Waals surface area contributed by atoms with Gasteiger partial charge < -0.3 is 5.32 Å². The Balaban J connectivity index is 2.11. The molecule has 0 saturated heterocycles. The van der Waals surface area contributed by atoms with Crippen LogP contribution in [0.15, 0.2) is 16.6 Å². The molecule has 1 N–H and O–H groups in total. The summed E-state index contributed by atoms with van der Waals surface area (Å²) in [5.41, 5.74) is 0.144. The van der Waals surface area contributed by atoms with Crippen LogP contribution in [0.2, 0.25) is 0 Å². The molecule has 92 valence electrons. The Hall–Kier alpha value is -1.17. The number of nitrogens with one attached hydrogen (secondary N) is 1. The van der Waals surface area contributed by atoms with Crippen LogP contribution in [0, 0.1) is 21.8 Å². The first-order chi connectivity index (χ1) is 8.08. The van der Waals surface area contributed by atoms with Gasteiger partial charge in [-0.05, 0) is 28.3 Å². The van der Waals surface area contributed by atoms with Crippen LogP contribution >= 0.6 is 15.9 Å². The molecule has 1 saturated carbocycles. The van der Waals surface area contributed by atoms with Crippen molar-refractivity contribution in [3.05, 3.63) is 32.5 Å². The fourth-order valence-corrected chi connectivity index (χ4v) is 1.98. The summed E-state index contributed by atoms with van der Waals surface area (Å²) in [6, 6.07) is 2.35. The normalized spacial score (nSPS) is 14.7. The molecular formula is C11H12BrFN2O2. The number of hydrogen-bond donors (Lipinski definition) is 1. The highest BCUT2D eigenvalue weighted by Gasteiger charge is 2.21. The average molecular weight is 303 g/mol. The maximum Gasteiger partial charge on any atom is 0.293 e. The second-order valence-corrected chi connectivity index (χ2v) is 5.05. The molecule has 0 bridgehead atoms. The number of nitro groups is 1. The minimum absolute atomic E-state index is 0.103. The number of nitrogens with zero attached hydrogens (tertiary/aromatic N) is 1. The van der Waals surface area contributed by atoms with E-state index in [1.165, 1.54) is 18.9 Å². The number of nitro benzene ring substituents is 1. The lowest BCUT2D eigenvalue weighted by Gasteiger charge is -2.07. The summed E-state index contributed by atoms with van der Waals surface area (Å²) in [6.07, 6.45) is 3.45. The fourth-order valence-electron chi connectivity index (χ4n) is 1.65. The topological polar surface area (TPSA) is 55.2 Å². The summed E-state index contributed by atoms with van der Waals surface area (Å²) < 4.78 is 13.4. The zero-order valence-corrected chi connectivity index (χ0v) is 10.7. The van der Waals surface area contributed by atoms with Crippen molar-refractivity contribution in [2.45, 2.75) is 19.3 Å². The van der Waals surface area contributed by atoms with E-state index in [0.29, 0.717) is 6.54 Å². The molecule has 0 spiro atoms. The Morgan fingerprint density at radius 1 is 1.53 bits per heavy atom. The molecule has 1 aromatic rings. The molecular weight excluding hydrogens is 291 g/mol. The van der Waals surface area contributed by atoms with Gasteiger partial charge in [0, 0.05) is 18.7 Å². The second-order valence-electron chi connectivity index (χ2n) is 4.20. The Labute approximate surface area is 106 Å². The van der Waals surface area contributed by atoms with E-state index in [9.17, 15) is 14.5 Å². The van der Waals surface area contributed by atoms with Crippen molar-refractivity contribution in [1.29, 1.82) is 0 Å². The summed E-state index contributed by atoms with van der Waals surface area (Å²) in [7, 11) is 0. The SMILES string of the molecule is O=[N+]([O-])c1cc(Br)c(F)cc1NCCC1CC1. The minimum atomic E-state index is -0.510. The maximum absolute atomic E-state index is 13.3. The zero-order valence-electron chi connectivity index (χ0n) is 9.08. The lowest BCUT2D eigenvalue weighted by Crippen LogP contribution is -2.05. The molecule has 0 aromatic heterocycles. The Bertz CT molecular complexity index is 449.